The van der Waals surface area contributed by atoms with E-state index >= 15 is 0 Å². The van der Waals surface area contributed by atoms with Gasteiger partial charge in [-0.15, -0.1) is 0 Å². The van der Waals surface area contributed by atoms with Gasteiger partial charge in [-0.2, -0.15) is 0 Å². The van der Waals surface area contributed by atoms with Crippen LogP contribution < -0.4 is 10.5 Å². The smallest absolute Gasteiger partial charge is 0.165 e. The molecule has 3 heteroatoms. The maximum atomic E-state index is 13.5. The first kappa shape index (κ1) is 12.4. The molecule has 0 radical (unpaired) electrons. The molecule has 0 amide bonds. The predicted molar refractivity (Wildman–Crippen MR) is 66.4 cm³/mol. The van der Waals surface area contributed by atoms with Crippen LogP contribution in [0.1, 0.15) is 38.3 Å². The molecule has 1 fully saturated rings. The number of hydrogen-bond acceptors (Lipinski definition) is 2. The molecule has 2 rings (SSSR count). The minimum absolute atomic E-state index is 0.0705. The van der Waals surface area contributed by atoms with Crippen LogP contribution in [0.25, 0.3) is 0 Å². The van der Waals surface area contributed by atoms with Crippen molar-refractivity contribution in [3.8, 4) is 5.75 Å². The fraction of sp³-hybridized carbons (Fsp3) is 0.571. The largest absolute Gasteiger partial charge is 0.490 e. The van der Waals surface area contributed by atoms with Gasteiger partial charge in [-0.1, -0.05) is 19.9 Å². The first-order valence-corrected chi connectivity index (χ1v) is 6.25. The van der Waals surface area contributed by atoms with Crippen molar-refractivity contribution in [2.24, 2.45) is 17.6 Å². The zero-order valence-electron chi connectivity index (χ0n) is 10.4. The summed E-state index contributed by atoms with van der Waals surface area (Å²) in [5.41, 5.74) is 6.98. The minimum Gasteiger partial charge on any atom is -0.490 e. The van der Waals surface area contributed by atoms with Gasteiger partial charge in [0.1, 0.15) is 0 Å². The van der Waals surface area contributed by atoms with Gasteiger partial charge in [0.05, 0.1) is 6.61 Å². The summed E-state index contributed by atoms with van der Waals surface area (Å²) >= 11 is 0. The summed E-state index contributed by atoms with van der Waals surface area (Å²) in [6.07, 6.45) is 2.40. The Kier molecular flexibility index (Phi) is 3.67. The van der Waals surface area contributed by atoms with Crippen LogP contribution in [-0.4, -0.2) is 6.61 Å². The lowest BCUT2D eigenvalue weighted by molar-refractivity contribution is 0.284. The van der Waals surface area contributed by atoms with Crippen LogP contribution >= 0.6 is 0 Å². The lowest BCUT2D eigenvalue weighted by atomic mass is 9.97. The van der Waals surface area contributed by atoms with E-state index in [1.54, 1.807) is 12.1 Å². The van der Waals surface area contributed by atoms with E-state index in [2.05, 4.69) is 13.8 Å². The molecule has 94 valence electrons. The van der Waals surface area contributed by atoms with Gasteiger partial charge < -0.3 is 10.5 Å². The van der Waals surface area contributed by atoms with Gasteiger partial charge >= 0.3 is 0 Å². The minimum atomic E-state index is -0.301. The topological polar surface area (TPSA) is 35.2 Å². The third kappa shape index (κ3) is 3.19. The van der Waals surface area contributed by atoms with Crippen LogP contribution in [0.5, 0.6) is 5.75 Å². The average Bonchev–Trinajstić information content (AvgIpc) is 3.11. The fourth-order valence-corrected chi connectivity index (χ4v) is 1.71. The van der Waals surface area contributed by atoms with E-state index in [4.69, 9.17) is 10.5 Å². The molecule has 0 heterocycles. The van der Waals surface area contributed by atoms with Crippen LogP contribution in [0.2, 0.25) is 0 Å². The van der Waals surface area contributed by atoms with Crippen molar-refractivity contribution < 1.29 is 9.13 Å². The monoisotopic (exact) mass is 237 g/mol. The molecule has 1 aliphatic carbocycles. The number of ether oxygens (including phenoxy) is 1. The van der Waals surface area contributed by atoms with Crippen molar-refractivity contribution in [2.75, 3.05) is 6.61 Å². The molecule has 17 heavy (non-hydrogen) atoms. The zero-order valence-corrected chi connectivity index (χ0v) is 10.4. The van der Waals surface area contributed by atoms with Crippen molar-refractivity contribution in [3.63, 3.8) is 0 Å². The van der Waals surface area contributed by atoms with Gasteiger partial charge in [-0.05, 0) is 42.4 Å². The Balaban J connectivity index is 2.09. The molecule has 1 aliphatic rings. The fourth-order valence-electron chi connectivity index (χ4n) is 1.71. The second-order valence-electron chi connectivity index (χ2n) is 5.21. The first-order valence-electron chi connectivity index (χ1n) is 6.25. The van der Waals surface area contributed by atoms with Crippen LogP contribution in [0.4, 0.5) is 4.39 Å². The number of halogens is 1. The third-order valence-electron chi connectivity index (χ3n) is 3.23. The van der Waals surface area contributed by atoms with Gasteiger partial charge in [-0.3, -0.25) is 0 Å². The van der Waals surface area contributed by atoms with Crippen molar-refractivity contribution in [1.82, 2.24) is 0 Å². The maximum Gasteiger partial charge on any atom is 0.165 e. The average molecular weight is 237 g/mol. The summed E-state index contributed by atoms with van der Waals surface area (Å²) in [6, 6.07) is 4.85. The summed E-state index contributed by atoms with van der Waals surface area (Å²) in [5.74, 6) is 0.990. The lowest BCUT2D eigenvalue weighted by Crippen LogP contribution is -2.17. The molecule has 1 atom stereocenters. The summed E-state index contributed by atoms with van der Waals surface area (Å²) < 4.78 is 19.0. The molecule has 2 N–H and O–H groups in total. The normalized spacial score (nSPS) is 17.2. The molecule has 2 nitrogen and oxygen atoms in total. The highest BCUT2D eigenvalue weighted by Gasteiger charge is 2.22. The van der Waals surface area contributed by atoms with Crippen LogP contribution in [-0.2, 0) is 0 Å². The number of rotatable bonds is 5. The summed E-state index contributed by atoms with van der Waals surface area (Å²) in [6.45, 7) is 4.73. The van der Waals surface area contributed by atoms with E-state index in [9.17, 15) is 4.39 Å². The van der Waals surface area contributed by atoms with Crippen LogP contribution in [0, 0.1) is 17.7 Å². The van der Waals surface area contributed by atoms with E-state index in [1.165, 1.54) is 18.9 Å². The predicted octanol–water partition coefficient (Wildman–Crippen LogP) is 3.27. The number of nitrogens with two attached hydrogens (primary N) is 1. The highest BCUT2D eigenvalue weighted by Crippen LogP contribution is 2.31. The van der Waals surface area contributed by atoms with E-state index in [0.29, 0.717) is 24.2 Å². The second-order valence-corrected chi connectivity index (χ2v) is 5.21. The molecule has 1 aromatic carbocycles. The quantitative estimate of drug-likeness (QED) is 0.853. The van der Waals surface area contributed by atoms with Crippen molar-refractivity contribution in [1.29, 1.82) is 0 Å². The molecule has 1 saturated carbocycles. The Morgan fingerprint density at radius 1 is 1.41 bits per heavy atom. The van der Waals surface area contributed by atoms with Crippen molar-refractivity contribution in [2.45, 2.75) is 32.7 Å². The van der Waals surface area contributed by atoms with Crippen LogP contribution in [0.15, 0.2) is 18.2 Å². The Labute approximate surface area is 102 Å². The standard InChI is InChI=1S/C14H20FNO/c1-9(2)14(16)11-5-6-12(15)13(7-11)17-8-10-3-4-10/h5-7,9-10,14H,3-4,8,16H2,1-2H3. The zero-order chi connectivity index (χ0) is 12.4. The molecule has 1 aromatic rings. The summed E-state index contributed by atoms with van der Waals surface area (Å²) in [5, 5.41) is 0. The molecular formula is C14H20FNO. The van der Waals surface area contributed by atoms with Gasteiger partial charge in [0.25, 0.3) is 0 Å². The Bertz CT molecular complexity index is 388. The molecule has 0 saturated heterocycles. The SMILES string of the molecule is CC(C)C(N)c1ccc(F)c(OCC2CC2)c1. The lowest BCUT2D eigenvalue weighted by Gasteiger charge is -2.17. The third-order valence-corrected chi connectivity index (χ3v) is 3.23. The van der Waals surface area contributed by atoms with E-state index in [1.807, 2.05) is 0 Å². The summed E-state index contributed by atoms with van der Waals surface area (Å²) in [4.78, 5) is 0. The molecule has 1 unspecified atom stereocenters. The summed E-state index contributed by atoms with van der Waals surface area (Å²) in [7, 11) is 0. The van der Waals surface area contributed by atoms with Gasteiger partial charge in [0, 0.05) is 6.04 Å². The molecule has 0 aliphatic heterocycles. The highest BCUT2D eigenvalue weighted by atomic mass is 19.1. The molecular weight excluding hydrogens is 217 g/mol. The molecule has 0 aromatic heterocycles. The van der Waals surface area contributed by atoms with E-state index < -0.39 is 0 Å². The van der Waals surface area contributed by atoms with E-state index in [0.717, 1.165) is 5.56 Å². The molecule has 0 bridgehead atoms. The Hall–Kier alpha value is -1.09. The van der Waals surface area contributed by atoms with Crippen LogP contribution in [0.3, 0.4) is 0 Å². The Morgan fingerprint density at radius 2 is 2.12 bits per heavy atom. The first-order chi connectivity index (χ1) is 8.08. The van der Waals surface area contributed by atoms with Gasteiger partial charge in [-0.25, -0.2) is 4.39 Å². The van der Waals surface area contributed by atoms with Gasteiger partial charge in [0.15, 0.2) is 11.6 Å². The Morgan fingerprint density at radius 3 is 2.71 bits per heavy atom. The number of hydrogen-bond donors (Lipinski definition) is 1. The van der Waals surface area contributed by atoms with Crippen molar-refractivity contribution in [3.05, 3.63) is 29.6 Å². The maximum absolute atomic E-state index is 13.5. The molecule has 0 spiro atoms. The van der Waals surface area contributed by atoms with Crippen molar-refractivity contribution >= 4 is 0 Å². The van der Waals surface area contributed by atoms with Gasteiger partial charge in [0.2, 0.25) is 0 Å². The number of benzene rings is 1. The second kappa shape index (κ2) is 5.05. The van der Waals surface area contributed by atoms with E-state index in [-0.39, 0.29) is 11.9 Å². The highest BCUT2D eigenvalue weighted by molar-refractivity contribution is 5.32.